The number of likely N-dealkylation sites (tertiary alicyclic amines) is 1. The van der Waals surface area contributed by atoms with Gasteiger partial charge in [-0.15, -0.1) is 0 Å². The number of amides is 1. The Balaban J connectivity index is 1.51. The van der Waals surface area contributed by atoms with Crippen molar-refractivity contribution in [2.75, 3.05) is 6.54 Å². The molecule has 32 heavy (non-hydrogen) atoms. The first-order valence-corrected chi connectivity index (χ1v) is 11.3. The molecule has 1 aliphatic heterocycles. The van der Waals surface area contributed by atoms with Gasteiger partial charge in [-0.25, -0.2) is 14.6 Å². The third kappa shape index (κ3) is 3.57. The van der Waals surface area contributed by atoms with Crippen LogP contribution < -0.4 is 0 Å². The summed E-state index contributed by atoms with van der Waals surface area (Å²) in [4.78, 5) is 28.6. The lowest BCUT2D eigenvalue weighted by Crippen LogP contribution is -2.39. The van der Waals surface area contributed by atoms with E-state index in [4.69, 9.17) is 0 Å². The van der Waals surface area contributed by atoms with Crippen molar-refractivity contribution in [2.45, 2.75) is 52.1 Å². The summed E-state index contributed by atoms with van der Waals surface area (Å²) in [5, 5.41) is 5.31. The van der Waals surface area contributed by atoms with Crippen molar-refractivity contribution in [3.05, 3.63) is 65.9 Å². The van der Waals surface area contributed by atoms with Crippen LogP contribution in [0.1, 0.15) is 67.1 Å². The van der Waals surface area contributed by atoms with E-state index in [1.807, 2.05) is 47.0 Å². The van der Waals surface area contributed by atoms with Gasteiger partial charge in [-0.3, -0.25) is 4.79 Å². The van der Waals surface area contributed by atoms with Gasteiger partial charge in [0, 0.05) is 18.3 Å². The molecule has 0 saturated carbocycles. The van der Waals surface area contributed by atoms with Crippen LogP contribution in [-0.2, 0) is 0 Å². The summed E-state index contributed by atoms with van der Waals surface area (Å²) in [7, 11) is 0. The zero-order valence-corrected chi connectivity index (χ0v) is 18.7. The van der Waals surface area contributed by atoms with Crippen LogP contribution >= 0.6 is 0 Å². The van der Waals surface area contributed by atoms with Gasteiger partial charge >= 0.3 is 0 Å². The zero-order valence-electron chi connectivity index (χ0n) is 18.7. The second kappa shape index (κ2) is 8.22. The minimum Gasteiger partial charge on any atom is -0.340 e. The van der Waals surface area contributed by atoms with Crippen molar-refractivity contribution in [1.29, 1.82) is 0 Å². The third-order valence-corrected chi connectivity index (χ3v) is 6.17. The van der Waals surface area contributed by atoms with Gasteiger partial charge in [0.2, 0.25) is 0 Å². The van der Waals surface area contributed by atoms with Crippen molar-refractivity contribution in [3.8, 4) is 11.3 Å². The summed E-state index contributed by atoms with van der Waals surface area (Å²) in [6.07, 6.45) is 6.60. The topological polar surface area (TPSA) is 79.7 Å². The fourth-order valence-electron chi connectivity index (χ4n) is 4.58. The standard InChI is InChI=1S/C25H28N6O/c1-16(2)31-24-20(14-27-31)19(13-17(3)28-24)25(32)30-12-8-7-11-22(30)23-26-15-21(29-23)18-9-5-4-6-10-18/h4-6,9-10,13-16,22H,7-8,11-12H2,1-3H3,(H,26,29)/t22-/m0/s1. The summed E-state index contributed by atoms with van der Waals surface area (Å²) in [5.74, 6) is 0.864. The van der Waals surface area contributed by atoms with Crippen LogP contribution in [0.3, 0.4) is 0 Å². The van der Waals surface area contributed by atoms with E-state index < -0.39 is 0 Å². The minimum atomic E-state index is -0.0719. The number of piperidine rings is 1. The molecule has 4 heterocycles. The van der Waals surface area contributed by atoms with E-state index in [9.17, 15) is 4.79 Å². The van der Waals surface area contributed by atoms with Crippen LogP contribution in [0.25, 0.3) is 22.3 Å². The number of carbonyl (C=O) groups excluding carboxylic acids is 1. The number of aromatic amines is 1. The van der Waals surface area contributed by atoms with Crippen LogP contribution in [-0.4, -0.2) is 42.1 Å². The van der Waals surface area contributed by atoms with Gasteiger partial charge < -0.3 is 9.88 Å². The fourth-order valence-corrected chi connectivity index (χ4v) is 4.58. The molecular formula is C25H28N6O. The van der Waals surface area contributed by atoms with Crippen molar-refractivity contribution in [1.82, 2.24) is 29.6 Å². The molecule has 3 aromatic heterocycles. The van der Waals surface area contributed by atoms with E-state index in [2.05, 4.69) is 46.0 Å². The molecule has 1 atom stereocenters. The van der Waals surface area contributed by atoms with Crippen LogP contribution in [0, 0.1) is 6.92 Å². The maximum atomic E-state index is 13.8. The highest BCUT2D eigenvalue weighted by atomic mass is 16.2. The van der Waals surface area contributed by atoms with Crippen molar-refractivity contribution in [2.24, 2.45) is 0 Å². The van der Waals surface area contributed by atoms with Gasteiger partial charge in [0.25, 0.3) is 5.91 Å². The maximum absolute atomic E-state index is 13.8. The number of aryl methyl sites for hydroxylation is 1. The quantitative estimate of drug-likeness (QED) is 0.492. The number of pyridine rings is 1. The van der Waals surface area contributed by atoms with E-state index in [0.717, 1.165) is 53.1 Å². The highest BCUT2D eigenvalue weighted by molar-refractivity contribution is 6.05. The number of carbonyl (C=O) groups is 1. The molecule has 164 valence electrons. The Morgan fingerprint density at radius 3 is 2.75 bits per heavy atom. The molecule has 7 nitrogen and oxygen atoms in total. The molecule has 0 radical (unpaired) electrons. The summed E-state index contributed by atoms with van der Waals surface area (Å²) in [6, 6.07) is 12.1. The number of benzene rings is 1. The molecule has 1 N–H and O–H groups in total. The predicted octanol–water partition coefficient (Wildman–Crippen LogP) is 5.08. The van der Waals surface area contributed by atoms with E-state index >= 15 is 0 Å². The van der Waals surface area contributed by atoms with Gasteiger partial charge in [-0.05, 0) is 51.7 Å². The first-order valence-electron chi connectivity index (χ1n) is 11.3. The Labute approximate surface area is 187 Å². The summed E-state index contributed by atoms with van der Waals surface area (Å²) in [5.41, 5.74) is 4.31. The zero-order chi connectivity index (χ0) is 22.2. The summed E-state index contributed by atoms with van der Waals surface area (Å²) >= 11 is 0. The van der Waals surface area contributed by atoms with Gasteiger partial charge in [-0.1, -0.05) is 30.3 Å². The molecule has 1 fully saturated rings. The van der Waals surface area contributed by atoms with Gasteiger partial charge in [0.1, 0.15) is 5.82 Å². The molecule has 1 aromatic carbocycles. The Kier molecular flexibility index (Phi) is 5.25. The number of nitrogens with zero attached hydrogens (tertiary/aromatic N) is 5. The van der Waals surface area contributed by atoms with Crippen LogP contribution in [0.2, 0.25) is 0 Å². The van der Waals surface area contributed by atoms with Crippen LogP contribution in [0.4, 0.5) is 0 Å². The smallest absolute Gasteiger partial charge is 0.255 e. The number of hydrogen-bond acceptors (Lipinski definition) is 4. The number of hydrogen-bond donors (Lipinski definition) is 1. The molecule has 1 amide bonds. The Morgan fingerprint density at radius 1 is 1.16 bits per heavy atom. The van der Waals surface area contributed by atoms with E-state index in [0.29, 0.717) is 12.1 Å². The number of rotatable bonds is 4. The highest BCUT2D eigenvalue weighted by Gasteiger charge is 2.32. The van der Waals surface area contributed by atoms with Crippen molar-refractivity contribution < 1.29 is 4.79 Å². The molecule has 0 spiro atoms. The Bertz CT molecular complexity index is 1260. The number of nitrogens with one attached hydrogen (secondary N) is 1. The molecule has 1 saturated heterocycles. The van der Waals surface area contributed by atoms with Crippen LogP contribution in [0.15, 0.2) is 48.8 Å². The predicted molar refractivity (Wildman–Crippen MR) is 124 cm³/mol. The second-order valence-corrected chi connectivity index (χ2v) is 8.79. The molecule has 5 rings (SSSR count). The van der Waals surface area contributed by atoms with Gasteiger partial charge in [0.15, 0.2) is 5.65 Å². The summed E-state index contributed by atoms with van der Waals surface area (Å²) in [6.45, 7) is 6.78. The molecular weight excluding hydrogens is 400 g/mol. The lowest BCUT2D eigenvalue weighted by molar-refractivity contribution is 0.0603. The van der Waals surface area contributed by atoms with Crippen molar-refractivity contribution >= 4 is 16.9 Å². The van der Waals surface area contributed by atoms with Crippen molar-refractivity contribution in [3.63, 3.8) is 0 Å². The number of aromatic nitrogens is 5. The third-order valence-electron chi connectivity index (χ3n) is 6.17. The Hall–Kier alpha value is -3.48. The second-order valence-electron chi connectivity index (χ2n) is 8.79. The number of imidazole rings is 1. The van der Waals surface area contributed by atoms with E-state index in [1.165, 1.54) is 0 Å². The maximum Gasteiger partial charge on any atom is 0.255 e. The molecule has 0 unspecified atom stereocenters. The first-order chi connectivity index (χ1) is 15.5. The molecule has 0 bridgehead atoms. The summed E-state index contributed by atoms with van der Waals surface area (Å²) < 4.78 is 1.88. The largest absolute Gasteiger partial charge is 0.340 e. The normalized spacial score (nSPS) is 16.8. The lowest BCUT2D eigenvalue weighted by Gasteiger charge is -2.34. The average molecular weight is 429 g/mol. The molecule has 4 aromatic rings. The Morgan fingerprint density at radius 2 is 1.97 bits per heavy atom. The SMILES string of the molecule is Cc1cc(C(=O)N2CCCC[C@H]2c2ncc(-c3ccccc3)[nH]2)c2cnn(C(C)C)c2n1. The highest BCUT2D eigenvalue weighted by Crippen LogP contribution is 2.33. The average Bonchev–Trinajstić information content (AvgIpc) is 3.46. The lowest BCUT2D eigenvalue weighted by atomic mass is 9.99. The molecule has 1 aliphatic rings. The first kappa shape index (κ1) is 20.4. The molecule has 7 heteroatoms. The minimum absolute atomic E-state index is 0.0196. The molecule has 0 aliphatic carbocycles. The monoisotopic (exact) mass is 428 g/mol. The van der Waals surface area contributed by atoms with E-state index in [-0.39, 0.29) is 18.0 Å². The van der Waals surface area contributed by atoms with E-state index in [1.54, 1.807) is 6.20 Å². The van der Waals surface area contributed by atoms with Gasteiger partial charge in [0.05, 0.1) is 35.1 Å². The van der Waals surface area contributed by atoms with Gasteiger partial charge in [-0.2, -0.15) is 5.10 Å². The number of H-pyrrole nitrogens is 1. The van der Waals surface area contributed by atoms with Crippen LogP contribution in [0.5, 0.6) is 0 Å². The fraction of sp³-hybridized carbons (Fsp3) is 0.360. The number of fused-ring (bicyclic) bond motifs is 1.